The maximum absolute atomic E-state index is 13.6. The molecule has 53 nitrogen and oxygen atoms in total. The van der Waals surface area contributed by atoms with E-state index in [0.717, 1.165) is 16.2 Å². The Bertz CT molecular complexity index is 6400. The van der Waals surface area contributed by atoms with E-state index in [0.29, 0.717) is 23.1 Å². The number of anilines is 5. The highest BCUT2D eigenvalue weighted by atomic mass is 32.5. The van der Waals surface area contributed by atoms with Crippen LogP contribution in [-0.4, -0.2) is 240 Å². The number of ether oxygens (including phenoxy) is 6. The van der Waals surface area contributed by atoms with Gasteiger partial charge in [-0.25, -0.2) is 59.4 Å². The summed E-state index contributed by atoms with van der Waals surface area (Å²) in [5.74, 6) is -0.0561. The highest BCUT2D eigenvalue weighted by molar-refractivity contribution is 8.08. The van der Waals surface area contributed by atoms with E-state index in [1.165, 1.54) is 72.7 Å². The maximum Gasteiger partial charge on any atom is 0.351 e. The number of aromatic amines is 2. The minimum absolute atomic E-state index is 0.0239. The van der Waals surface area contributed by atoms with Crippen molar-refractivity contribution in [3.05, 3.63) is 109 Å². The molecular formula is C62H81N25O28P6S6. The largest absolute Gasteiger partial charge is 0.383 e. The van der Waals surface area contributed by atoms with E-state index in [1.807, 2.05) is 6.92 Å². The third kappa shape index (κ3) is 21.0. The first-order valence-corrected chi connectivity index (χ1v) is 53.7. The molecule has 10 aromatic rings. The Morgan fingerprint density at radius 1 is 0.386 bits per heavy atom. The van der Waals surface area contributed by atoms with Gasteiger partial charge in [-0.1, -0.05) is 6.92 Å². The molecule has 6 fully saturated rings. The Labute approximate surface area is 744 Å². The highest BCUT2D eigenvalue weighted by Crippen LogP contribution is 2.58. The zero-order chi connectivity index (χ0) is 90.3. The molecule has 0 aromatic carbocycles. The molecule has 0 aliphatic carbocycles. The molecule has 16 heterocycles. The second-order valence-electron chi connectivity index (χ2n) is 29.4. The maximum atomic E-state index is 13.6. The van der Waals surface area contributed by atoms with Gasteiger partial charge in [0.05, 0.1) is 101 Å². The quantitative estimate of drug-likeness (QED) is 0.0250. The number of hydrogen-bond acceptors (Lipinski definition) is 45. The van der Waals surface area contributed by atoms with Crippen molar-refractivity contribution < 1.29 is 112 Å². The lowest BCUT2D eigenvalue weighted by Crippen LogP contribution is -2.33. The predicted molar refractivity (Wildman–Crippen MR) is 462 cm³/mol. The summed E-state index contributed by atoms with van der Waals surface area (Å²) in [5, 5.41) is 0. The van der Waals surface area contributed by atoms with E-state index in [2.05, 4.69) is 69.8 Å². The van der Waals surface area contributed by atoms with Crippen molar-refractivity contribution in [3.8, 4) is 0 Å². The molecule has 6 aliphatic rings. The first-order chi connectivity index (χ1) is 60.2. The van der Waals surface area contributed by atoms with Crippen LogP contribution in [0.3, 0.4) is 0 Å². The lowest BCUT2D eigenvalue weighted by Gasteiger charge is -2.28. The van der Waals surface area contributed by atoms with E-state index in [-0.39, 0.29) is 107 Å². The normalized spacial score (nSPS) is 29.3. The van der Waals surface area contributed by atoms with Crippen LogP contribution in [0, 0.1) is 13.8 Å². The van der Waals surface area contributed by atoms with Gasteiger partial charge in [0.15, 0.2) is 45.6 Å². The Morgan fingerprint density at radius 2 is 0.693 bits per heavy atom. The molecule has 24 atom stereocenters. The minimum atomic E-state index is -4.67. The molecule has 6 aliphatic heterocycles. The average Bonchev–Trinajstić information content (AvgIpc) is 1.64. The molecule has 18 N–H and O–H groups in total. The number of nitrogens with two attached hydrogens (primary N) is 5. The Balaban J connectivity index is 0.613. The van der Waals surface area contributed by atoms with Crippen LogP contribution in [0.5, 0.6) is 0 Å². The summed E-state index contributed by atoms with van der Waals surface area (Å²) in [6, 6.07) is 0. The van der Waals surface area contributed by atoms with Gasteiger partial charge in [-0.05, 0) is 91.1 Å². The number of aromatic nitrogens is 20. The molecule has 16 rings (SSSR count). The molecule has 127 heavy (non-hydrogen) atoms. The summed E-state index contributed by atoms with van der Waals surface area (Å²) in [6.07, 6.45) is -9.48. The van der Waals surface area contributed by atoms with E-state index < -0.39 is 206 Å². The van der Waals surface area contributed by atoms with Gasteiger partial charge in [0.2, 0.25) is 5.95 Å². The molecule has 6 unspecified atom stereocenters. The van der Waals surface area contributed by atoms with Gasteiger partial charge in [-0.2, -0.15) is 9.97 Å². The summed E-state index contributed by atoms with van der Waals surface area (Å²) >= 11 is 33.5. The molecule has 0 spiro atoms. The monoisotopic (exact) mass is 2000 g/mol. The number of nitrogen functional groups attached to an aromatic ring is 5. The van der Waals surface area contributed by atoms with Gasteiger partial charge in [-0.15, -0.1) is 0 Å². The lowest BCUT2D eigenvalue weighted by molar-refractivity contribution is -0.0565. The fourth-order valence-corrected chi connectivity index (χ4v) is 23.4. The minimum Gasteiger partial charge on any atom is -0.383 e. The van der Waals surface area contributed by atoms with Crippen molar-refractivity contribution >= 4 is 185 Å². The first-order valence-electron chi connectivity index (χ1n) is 38.1. The fourth-order valence-electron chi connectivity index (χ4n) is 15.0. The highest BCUT2D eigenvalue weighted by Gasteiger charge is 2.51. The molecular weight excluding hydrogens is 1920 g/mol. The van der Waals surface area contributed by atoms with E-state index in [4.69, 9.17) is 182 Å². The van der Waals surface area contributed by atoms with E-state index >= 15 is 0 Å². The van der Waals surface area contributed by atoms with Gasteiger partial charge in [-0.3, -0.25) is 47.0 Å². The number of hydrogen-bond donors (Lipinski definition) is 13. The first kappa shape index (κ1) is 93.7. The van der Waals surface area contributed by atoms with Crippen LogP contribution in [0.2, 0.25) is 0 Å². The Kier molecular flexibility index (Phi) is 27.7. The van der Waals surface area contributed by atoms with Crippen LogP contribution >= 0.6 is 40.3 Å². The number of aryl methyl sites for hydroxylation is 2. The SMILES string of the molecule is CC[C@H]1O[C@@H](n2cnc3c(N)ncnc32)C[C@H]1OP(O)(=S)OC[C@H]1O[C@@H](n2cnc3c(N)ncnc32)C[C@H]1OP(O)(=S)OC[C@H]1O[C@@H](n2cnc3c(N)ncnc32)C[C@H]1OP(O)(=S)OC[C@H]1O[C@@H](n2cc(C)c(=O)[nH]c2=O)C[C@H]1OP(O)(=S)OC[C@H]1O[C@@H](n2cnc3c(=O)[nH]c(N)nc32)C[C@H]1OP(O)(=S)OC[C@H]1O[C@@H](n2cc(C)c(N)nc2=O)C[C@H]1OP(O)(=S)OC. The average molecular weight is 2000 g/mol. The third-order valence-electron chi connectivity index (χ3n) is 21.1. The van der Waals surface area contributed by atoms with Crippen molar-refractivity contribution in [2.75, 3.05) is 68.8 Å². The van der Waals surface area contributed by atoms with Crippen molar-refractivity contribution in [2.24, 2.45) is 0 Å². The van der Waals surface area contributed by atoms with Crippen LogP contribution in [0.1, 0.15) is 100 Å². The third-order valence-corrected chi connectivity index (χ3v) is 30.8. The molecule has 0 saturated carbocycles. The summed E-state index contributed by atoms with van der Waals surface area (Å²) < 4.78 is 119. The van der Waals surface area contributed by atoms with Crippen LogP contribution in [-0.2, 0) is 154 Å². The van der Waals surface area contributed by atoms with Gasteiger partial charge in [0.25, 0.3) is 11.1 Å². The molecule has 0 amide bonds. The topological polar surface area (TPSA) is 702 Å². The van der Waals surface area contributed by atoms with Crippen molar-refractivity contribution in [1.29, 1.82) is 0 Å². The lowest BCUT2D eigenvalue weighted by atomic mass is 10.1. The standard InChI is InChI=1S/C62H81N25O28P6S6/c1-5-28-29(6-42(104-28)84-22-74-46-51(64)68-19-71-54(46)84)111-117(93,123)99-16-37-32(9-43(107-37)85-23-75-47-52(65)69-20-72-55(47)85)114-121(97,127)102-17-38-33(10-44(108-38)86-24-76-48-53(66)70-21-73-56(48)86)113-120(96,126)101-15-36-31(8-41(106-36)83-13-27(3)58(88)81-62(83)91)112-118(94,124)103-18-39-34(11-45(109-39)87-25-77-49-57(87)79-60(67)80-59(49)89)115-119(95,125)100-14-35-30(110-116(92,122)98-4)7-40(105-35)82-12-26(2)50(63)78-61(82)90/h12-13,19-25,28-45H,5-11,14-18H2,1-4H3,(H,92,122)(H,93,123)(H,94,124)(H,95,125)(H,96,126)(H,97,127)(H2,63,78,90)(H2,64,68,71)(H2,65,69,72)(H2,66,70,73)(H,81,88,91)(H3,67,79,80,89)/t28-,29-,30-,31-,32-,33-,34-,35-,36-,37-,38-,39-,40-,41-,42-,43-,44-,45-,116?,117?,118?,119?,120?,121?/m1/s1. The number of fused-ring (bicyclic) bond motifs is 4. The number of nitrogens with zero attached hydrogens (tertiary/aromatic N) is 18. The molecule has 65 heteroatoms. The van der Waals surface area contributed by atoms with E-state index in [9.17, 15) is 48.5 Å². The Hall–Kier alpha value is -6.50. The molecule has 0 bridgehead atoms. The van der Waals surface area contributed by atoms with Crippen LogP contribution in [0.25, 0.3) is 44.7 Å². The predicted octanol–water partition coefficient (Wildman–Crippen LogP) is 1.45. The summed E-state index contributed by atoms with van der Waals surface area (Å²) in [4.78, 5) is 179. The van der Waals surface area contributed by atoms with Gasteiger partial charge < -0.3 is 141 Å². The van der Waals surface area contributed by atoms with Crippen molar-refractivity contribution in [3.63, 3.8) is 0 Å². The van der Waals surface area contributed by atoms with Crippen LogP contribution < -0.4 is 51.2 Å². The molecule has 688 valence electrons. The van der Waals surface area contributed by atoms with Gasteiger partial charge in [0, 0.05) is 69.2 Å². The van der Waals surface area contributed by atoms with Crippen LogP contribution in [0.15, 0.2) is 75.9 Å². The van der Waals surface area contributed by atoms with Gasteiger partial charge in [0.1, 0.15) is 109 Å². The van der Waals surface area contributed by atoms with Gasteiger partial charge >= 0.3 is 51.7 Å². The summed E-state index contributed by atoms with van der Waals surface area (Å²) in [5.41, 5.74) is 29.1. The fraction of sp³-hybridized carbons (Fsp3) is 0.548. The smallest absolute Gasteiger partial charge is 0.351 e. The number of imidazole rings is 4. The Morgan fingerprint density at radius 3 is 1.05 bits per heavy atom. The summed E-state index contributed by atoms with van der Waals surface area (Å²) in [6.45, 7) is -24.9. The second kappa shape index (κ2) is 37.5. The van der Waals surface area contributed by atoms with Crippen molar-refractivity contribution in [2.45, 2.75) is 176 Å². The zero-order valence-electron chi connectivity index (χ0n) is 66.3. The van der Waals surface area contributed by atoms with Crippen molar-refractivity contribution in [1.82, 2.24) is 97.2 Å². The summed E-state index contributed by atoms with van der Waals surface area (Å²) in [7, 11) is 1.12. The second-order valence-corrected chi connectivity index (χ2v) is 46.3. The molecule has 0 radical (unpaired) electrons. The van der Waals surface area contributed by atoms with E-state index in [1.54, 1.807) is 16.1 Å². The van der Waals surface area contributed by atoms with Crippen LogP contribution in [0.4, 0.5) is 29.2 Å². The number of H-pyrrole nitrogens is 2. The number of rotatable bonds is 35. The molecule has 10 aromatic heterocycles. The zero-order valence-corrected chi connectivity index (χ0v) is 76.6. The molecule has 6 saturated heterocycles. The number of nitrogens with one attached hydrogen (secondary N) is 2.